The molecule has 0 aromatic rings. The molecular formula is C5H7NO2. The summed E-state index contributed by atoms with van der Waals surface area (Å²) in [6, 6.07) is 1.87. The van der Waals surface area contributed by atoms with E-state index in [2.05, 4.69) is 4.74 Å². The van der Waals surface area contributed by atoms with E-state index in [9.17, 15) is 4.79 Å². The van der Waals surface area contributed by atoms with Crippen LogP contribution in [-0.4, -0.2) is 12.6 Å². The van der Waals surface area contributed by atoms with E-state index in [1.807, 2.05) is 6.07 Å². The molecule has 0 bridgehead atoms. The molecule has 0 aromatic heterocycles. The fourth-order valence-electron chi connectivity index (χ4n) is 0.272. The lowest BCUT2D eigenvalue weighted by atomic mass is 10.3. The summed E-state index contributed by atoms with van der Waals surface area (Å²) >= 11 is 0. The molecule has 1 unspecified atom stereocenters. The molecule has 0 aliphatic heterocycles. The number of rotatable bonds is 3. The van der Waals surface area contributed by atoms with Gasteiger partial charge in [0.2, 0.25) is 0 Å². The Morgan fingerprint density at radius 2 is 2.62 bits per heavy atom. The first-order valence-corrected chi connectivity index (χ1v) is 2.27. The summed E-state index contributed by atoms with van der Waals surface area (Å²) in [6.07, 6.45) is -0.00356. The maximum Gasteiger partial charge on any atom is 0.293 e. The number of hydrogen-bond donors (Lipinski definition) is 0. The van der Waals surface area contributed by atoms with Crippen molar-refractivity contribution in [3.63, 3.8) is 0 Å². The molecular weight excluding hydrogens is 106 g/mol. The maximum atomic E-state index is 9.56. The van der Waals surface area contributed by atoms with Crippen LogP contribution in [-0.2, 0) is 9.53 Å². The number of hydrogen-bond acceptors (Lipinski definition) is 3. The van der Waals surface area contributed by atoms with Crippen molar-refractivity contribution >= 4 is 6.47 Å². The highest BCUT2D eigenvalue weighted by atomic mass is 16.5. The lowest BCUT2D eigenvalue weighted by Crippen LogP contribution is -2.04. The van der Waals surface area contributed by atoms with Gasteiger partial charge in [0.15, 0.2) is 0 Å². The van der Waals surface area contributed by atoms with E-state index in [1.54, 1.807) is 6.92 Å². The van der Waals surface area contributed by atoms with Crippen LogP contribution in [0, 0.1) is 11.3 Å². The highest BCUT2D eigenvalue weighted by Crippen LogP contribution is 1.90. The Labute approximate surface area is 47.9 Å². The van der Waals surface area contributed by atoms with Crippen molar-refractivity contribution in [1.29, 1.82) is 5.26 Å². The third kappa shape index (κ3) is 3.16. The highest BCUT2D eigenvalue weighted by Gasteiger charge is 1.96. The average Bonchev–Trinajstić information content (AvgIpc) is 1.68. The molecule has 44 valence electrons. The van der Waals surface area contributed by atoms with Crippen molar-refractivity contribution in [2.24, 2.45) is 0 Å². The van der Waals surface area contributed by atoms with Gasteiger partial charge in [-0.1, -0.05) is 0 Å². The van der Waals surface area contributed by atoms with Crippen LogP contribution in [0.3, 0.4) is 0 Å². The van der Waals surface area contributed by atoms with Crippen LogP contribution in [0.5, 0.6) is 0 Å². The van der Waals surface area contributed by atoms with Gasteiger partial charge in [0, 0.05) is 0 Å². The number of ether oxygens (including phenoxy) is 1. The first kappa shape index (κ1) is 6.96. The summed E-state index contributed by atoms with van der Waals surface area (Å²) in [5.74, 6) is 0. The SMILES string of the molecule is CC(CC#N)OC=O. The van der Waals surface area contributed by atoms with Crippen molar-refractivity contribution in [2.45, 2.75) is 19.4 Å². The summed E-state index contributed by atoms with van der Waals surface area (Å²) in [5.41, 5.74) is 0. The molecule has 3 heteroatoms. The van der Waals surface area contributed by atoms with Crippen LogP contribution in [0.15, 0.2) is 0 Å². The molecule has 0 aliphatic rings. The quantitative estimate of drug-likeness (QED) is 0.499. The molecule has 0 N–H and O–H groups in total. The molecule has 0 rings (SSSR count). The van der Waals surface area contributed by atoms with E-state index < -0.39 is 0 Å². The van der Waals surface area contributed by atoms with Crippen molar-refractivity contribution in [2.75, 3.05) is 0 Å². The largest absolute Gasteiger partial charge is 0.464 e. The third-order valence-corrected chi connectivity index (χ3v) is 0.667. The Balaban J connectivity index is 3.20. The minimum absolute atomic E-state index is 0.263. The second-order valence-corrected chi connectivity index (χ2v) is 1.41. The zero-order valence-electron chi connectivity index (χ0n) is 4.63. The number of carbonyl (C=O) groups is 1. The molecule has 0 aromatic carbocycles. The zero-order valence-corrected chi connectivity index (χ0v) is 4.63. The summed E-state index contributed by atoms with van der Waals surface area (Å²) in [6.45, 7) is 2.01. The smallest absolute Gasteiger partial charge is 0.293 e. The van der Waals surface area contributed by atoms with Crippen molar-refractivity contribution in [3.8, 4) is 6.07 Å². The second-order valence-electron chi connectivity index (χ2n) is 1.41. The van der Waals surface area contributed by atoms with E-state index in [-0.39, 0.29) is 12.5 Å². The first-order valence-electron chi connectivity index (χ1n) is 2.27. The fourth-order valence-corrected chi connectivity index (χ4v) is 0.272. The fraction of sp³-hybridized carbons (Fsp3) is 0.600. The number of nitriles is 1. The van der Waals surface area contributed by atoms with Crippen LogP contribution in [0.1, 0.15) is 13.3 Å². The van der Waals surface area contributed by atoms with Gasteiger partial charge in [-0.05, 0) is 6.92 Å². The van der Waals surface area contributed by atoms with Crippen LogP contribution >= 0.6 is 0 Å². The van der Waals surface area contributed by atoms with E-state index in [1.165, 1.54) is 0 Å². The first-order chi connectivity index (χ1) is 3.81. The normalized spacial score (nSPS) is 11.5. The van der Waals surface area contributed by atoms with Crippen LogP contribution in [0.2, 0.25) is 0 Å². The van der Waals surface area contributed by atoms with Crippen molar-refractivity contribution in [3.05, 3.63) is 0 Å². The monoisotopic (exact) mass is 113 g/mol. The minimum atomic E-state index is -0.266. The number of carbonyl (C=O) groups excluding carboxylic acids is 1. The molecule has 0 saturated heterocycles. The van der Waals surface area contributed by atoms with Gasteiger partial charge in [0.05, 0.1) is 12.5 Å². The summed E-state index contributed by atoms with van der Waals surface area (Å²) < 4.78 is 4.38. The number of nitrogens with zero attached hydrogens (tertiary/aromatic N) is 1. The van der Waals surface area contributed by atoms with Crippen molar-refractivity contribution in [1.82, 2.24) is 0 Å². The molecule has 0 saturated carbocycles. The highest BCUT2D eigenvalue weighted by molar-refractivity contribution is 5.37. The zero-order chi connectivity index (χ0) is 6.41. The van der Waals surface area contributed by atoms with Gasteiger partial charge >= 0.3 is 0 Å². The average molecular weight is 113 g/mol. The van der Waals surface area contributed by atoms with Crippen LogP contribution in [0.4, 0.5) is 0 Å². The molecule has 3 nitrogen and oxygen atoms in total. The molecule has 0 spiro atoms. The van der Waals surface area contributed by atoms with E-state index in [0.29, 0.717) is 6.47 Å². The Morgan fingerprint density at radius 3 is 3.00 bits per heavy atom. The van der Waals surface area contributed by atoms with Gasteiger partial charge in [-0.15, -0.1) is 0 Å². The molecule has 0 heterocycles. The maximum absolute atomic E-state index is 9.56. The Morgan fingerprint density at radius 1 is 2.00 bits per heavy atom. The van der Waals surface area contributed by atoms with E-state index in [4.69, 9.17) is 5.26 Å². The van der Waals surface area contributed by atoms with Crippen LogP contribution < -0.4 is 0 Å². The second kappa shape index (κ2) is 4.13. The topological polar surface area (TPSA) is 50.1 Å². The van der Waals surface area contributed by atoms with Gasteiger partial charge in [0.25, 0.3) is 6.47 Å². The molecule has 0 fully saturated rings. The molecule has 1 atom stereocenters. The molecule has 0 radical (unpaired) electrons. The lowest BCUT2D eigenvalue weighted by molar-refractivity contribution is -0.132. The van der Waals surface area contributed by atoms with Gasteiger partial charge < -0.3 is 4.74 Å². The van der Waals surface area contributed by atoms with Crippen molar-refractivity contribution < 1.29 is 9.53 Å². The third-order valence-electron chi connectivity index (χ3n) is 0.667. The standard InChI is InChI=1S/C5H7NO2/c1-5(2-3-6)8-4-7/h4-5H,2H2,1H3. The predicted octanol–water partition coefficient (Wildman–Crippen LogP) is 0.462. The van der Waals surface area contributed by atoms with Gasteiger partial charge in [-0.2, -0.15) is 5.26 Å². The molecule has 0 amide bonds. The Hall–Kier alpha value is -1.04. The van der Waals surface area contributed by atoms with Gasteiger partial charge in [-0.25, -0.2) is 0 Å². The minimum Gasteiger partial charge on any atom is -0.464 e. The summed E-state index contributed by atoms with van der Waals surface area (Å²) in [4.78, 5) is 9.56. The van der Waals surface area contributed by atoms with Gasteiger partial charge in [0.1, 0.15) is 6.10 Å². The molecule has 8 heavy (non-hydrogen) atoms. The van der Waals surface area contributed by atoms with E-state index >= 15 is 0 Å². The summed E-state index contributed by atoms with van der Waals surface area (Å²) in [5, 5.41) is 8.02. The Bertz CT molecular complexity index is 105. The molecule has 0 aliphatic carbocycles. The van der Waals surface area contributed by atoms with Gasteiger partial charge in [-0.3, -0.25) is 4.79 Å². The van der Waals surface area contributed by atoms with E-state index in [0.717, 1.165) is 0 Å². The lowest BCUT2D eigenvalue weighted by Gasteiger charge is -2.00. The summed E-state index contributed by atoms with van der Waals surface area (Å²) in [7, 11) is 0. The van der Waals surface area contributed by atoms with Crippen LogP contribution in [0.25, 0.3) is 0 Å². The Kier molecular flexibility index (Phi) is 3.59. The predicted molar refractivity (Wildman–Crippen MR) is 26.8 cm³/mol.